The van der Waals surface area contributed by atoms with E-state index in [4.69, 9.17) is 0 Å². The second-order valence-electron chi connectivity index (χ2n) is 3.86. The van der Waals surface area contributed by atoms with Gasteiger partial charge in [-0.15, -0.1) is 0 Å². The van der Waals surface area contributed by atoms with Crippen molar-refractivity contribution in [1.82, 2.24) is 4.90 Å². The topological polar surface area (TPSA) is 35.8 Å². The normalized spacial score (nSPS) is 11.1. The maximum absolute atomic E-state index is 9.71. The average Bonchev–Trinajstić information content (AvgIpc) is 2.27. The van der Waals surface area contributed by atoms with Gasteiger partial charge >= 0.3 is 0 Å². The fourth-order valence-electron chi connectivity index (χ4n) is 1.57. The Kier molecular flexibility index (Phi) is 2.77. The third-order valence-corrected chi connectivity index (χ3v) is 2.30. The van der Waals surface area contributed by atoms with E-state index in [-0.39, 0.29) is 0 Å². The molecule has 3 heteroatoms. The standard InChI is InChI=1S/C13H14N2O/c1-15(2)9-14-12-7-3-6-11-10(12)5-4-8-13(11)16/h3-9,16H,1-2H3. The zero-order valence-corrected chi connectivity index (χ0v) is 9.38. The van der Waals surface area contributed by atoms with Crippen molar-refractivity contribution in [3.8, 4) is 5.75 Å². The summed E-state index contributed by atoms with van der Waals surface area (Å²) in [6, 6.07) is 11.2. The molecule has 0 amide bonds. The molecule has 82 valence electrons. The molecule has 0 aliphatic carbocycles. The molecule has 0 heterocycles. The lowest BCUT2D eigenvalue weighted by atomic mass is 10.1. The van der Waals surface area contributed by atoms with Crippen LogP contribution in [0.4, 0.5) is 5.69 Å². The number of phenols is 1. The van der Waals surface area contributed by atoms with Crippen molar-refractivity contribution >= 4 is 22.8 Å². The van der Waals surface area contributed by atoms with Gasteiger partial charge in [0.25, 0.3) is 0 Å². The van der Waals surface area contributed by atoms with Crippen molar-refractivity contribution < 1.29 is 5.11 Å². The van der Waals surface area contributed by atoms with Crippen LogP contribution in [0.5, 0.6) is 5.75 Å². The maximum atomic E-state index is 9.71. The third-order valence-electron chi connectivity index (χ3n) is 2.30. The second-order valence-corrected chi connectivity index (χ2v) is 3.86. The first kappa shape index (κ1) is 10.5. The molecule has 2 rings (SSSR count). The Hall–Kier alpha value is -2.03. The maximum Gasteiger partial charge on any atom is 0.123 e. The molecule has 2 aromatic rings. The predicted molar refractivity (Wildman–Crippen MR) is 67.5 cm³/mol. The molecule has 1 N–H and O–H groups in total. The van der Waals surface area contributed by atoms with E-state index in [2.05, 4.69) is 4.99 Å². The molecule has 0 bridgehead atoms. The van der Waals surface area contributed by atoms with E-state index in [1.54, 1.807) is 12.4 Å². The number of aliphatic imine (C=N–C) groups is 1. The second kappa shape index (κ2) is 4.23. The minimum absolute atomic E-state index is 0.291. The van der Waals surface area contributed by atoms with E-state index >= 15 is 0 Å². The Labute approximate surface area is 94.7 Å². The molecule has 0 aliphatic heterocycles. The predicted octanol–water partition coefficient (Wildman–Crippen LogP) is 2.77. The number of benzene rings is 2. The van der Waals surface area contributed by atoms with Crippen molar-refractivity contribution in [3.63, 3.8) is 0 Å². The lowest BCUT2D eigenvalue weighted by Gasteiger charge is -2.05. The minimum atomic E-state index is 0.291. The van der Waals surface area contributed by atoms with E-state index in [1.807, 2.05) is 49.3 Å². The summed E-state index contributed by atoms with van der Waals surface area (Å²) >= 11 is 0. The summed E-state index contributed by atoms with van der Waals surface area (Å²) in [6.07, 6.45) is 1.75. The molecule has 0 fully saturated rings. The highest BCUT2D eigenvalue weighted by Gasteiger charge is 2.02. The lowest BCUT2D eigenvalue weighted by Crippen LogP contribution is -2.06. The van der Waals surface area contributed by atoms with Crippen LogP contribution in [0.25, 0.3) is 10.8 Å². The Morgan fingerprint density at radius 1 is 1.06 bits per heavy atom. The lowest BCUT2D eigenvalue weighted by molar-refractivity contribution is 0.481. The van der Waals surface area contributed by atoms with Crippen LogP contribution in [0, 0.1) is 0 Å². The first-order chi connectivity index (χ1) is 7.68. The molecule has 3 nitrogen and oxygen atoms in total. The molecule has 0 saturated carbocycles. The van der Waals surface area contributed by atoms with Crippen LogP contribution in [0.3, 0.4) is 0 Å². The molecule has 0 saturated heterocycles. The van der Waals surface area contributed by atoms with Crippen LogP contribution in [0.1, 0.15) is 0 Å². The van der Waals surface area contributed by atoms with Crippen LogP contribution in [-0.4, -0.2) is 30.4 Å². The Morgan fingerprint density at radius 2 is 1.75 bits per heavy atom. The van der Waals surface area contributed by atoms with E-state index < -0.39 is 0 Å². The van der Waals surface area contributed by atoms with Gasteiger partial charge in [0.2, 0.25) is 0 Å². The average molecular weight is 214 g/mol. The number of aromatic hydroxyl groups is 1. The molecule has 0 radical (unpaired) electrons. The van der Waals surface area contributed by atoms with Gasteiger partial charge in [0, 0.05) is 24.9 Å². The molecule has 16 heavy (non-hydrogen) atoms. The molecule has 0 unspecified atom stereocenters. The Morgan fingerprint density at radius 3 is 2.50 bits per heavy atom. The molecule has 0 aromatic heterocycles. The van der Waals surface area contributed by atoms with Crippen molar-refractivity contribution in [1.29, 1.82) is 0 Å². The van der Waals surface area contributed by atoms with Crippen LogP contribution >= 0.6 is 0 Å². The summed E-state index contributed by atoms with van der Waals surface area (Å²) in [5.41, 5.74) is 0.863. The van der Waals surface area contributed by atoms with Gasteiger partial charge in [0.15, 0.2) is 0 Å². The molecular weight excluding hydrogens is 200 g/mol. The highest BCUT2D eigenvalue weighted by molar-refractivity contribution is 5.97. The van der Waals surface area contributed by atoms with Gasteiger partial charge in [-0.1, -0.05) is 24.3 Å². The zero-order valence-electron chi connectivity index (χ0n) is 9.38. The number of hydrogen-bond donors (Lipinski definition) is 1. The first-order valence-electron chi connectivity index (χ1n) is 5.10. The summed E-state index contributed by atoms with van der Waals surface area (Å²) < 4.78 is 0. The van der Waals surface area contributed by atoms with E-state index in [0.29, 0.717) is 5.75 Å². The van der Waals surface area contributed by atoms with Crippen LogP contribution in [0.2, 0.25) is 0 Å². The smallest absolute Gasteiger partial charge is 0.123 e. The van der Waals surface area contributed by atoms with Crippen LogP contribution < -0.4 is 0 Å². The minimum Gasteiger partial charge on any atom is -0.507 e. The van der Waals surface area contributed by atoms with E-state index in [1.165, 1.54) is 0 Å². The van der Waals surface area contributed by atoms with Crippen molar-refractivity contribution in [2.45, 2.75) is 0 Å². The van der Waals surface area contributed by atoms with Gasteiger partial charge in [-0.25, -0.2) is 4.99 Å². The highest BCUT2D eigenvalue weighted by atomic mass is 16.3. The van der Waals surface area contributed by atoms with Gasteiger partial charge < -0.3 is 10.0 Å². The highest BCUT2D eigenvalue weighted by Crippen LogP contribution is 2.31. The van der Waals surface area contributed by atoms with Gasteiger partial charge in [0.05, 0.1) is 12.0 Å². The van der Waals surface area contributed by atoms with Crippen molar-refractivity contribution in [2.75, 3.05) is 14.1 Å². The van der Waals surface area contributed by atoms with Crippen molar-refractivity contribution in [2.24, 2.45) is 4.99 Å². The summed E-state index contributed by atoms with van der Waals surface area (Å²) in [5, 5.41) is 11.5. The fourth-order valence-corrected chi connectivity index (χ4v) is 1.57. The number of rotatable bonds is 2. The summed E-state index contributed by atoms with van der Waals surface area (Å²) in [5.74, 6) is 0.291. The number of fused-ring (bicyclic) bond motifs is 1. The van der Waals surface area contributed by atoms with Gasteiger partial charge in [-0.2, -0.15) is 0 Å². The SMILES string of the molecule is CN(C)C=Nc1cccc2c(O)cccc12. The first-order valence-corrected chi connectivity index (χ1v) is 5.10. The molecule has 2 aromatic carbocycles. The zero-order chi connectivity index (χ0) is 11.5. The van der Waals surface area contributed by atoms with Crippen LogP contribution in [0.15, 0.2) is 41.4 Å². The number of hydrogen-bond acceptors (Lipinski definition) is 2. The summed E-state index contributed by atoms with van der Waals surface area (Å²) in [6.45, 7) is 0. The van der Waals surface area contributed by atoms with E-state index in [9.17, 15) is 5.11 Å². The van der Waals surface area contributed by atoms with E-state index in [0.717, 1.165) is 16.5 Å². The summed E-state index contributed by atoms with van der Waals surface area (Å²) in [4.78, 5) is 6.24. The molecular formula is C13H14N2O. The monoisotopic (exact) mass is 214 g/mol. The molecule has 0 spiro atoms. The van der Waals surface area contributed by atoms with Gasteiger partial charge in [-0.05, 0) is 12.1 Å². The third kappa shape index (κ3) is 1.98. The molecule has 0 aliphatic rings. The van der Waals surface area contributed by atoms with Gasteiger partial charge in [-0.3, -0.25) is 0 Å². The number of nitrogens with zero attached hydrogens (tertiary/aromatic N) is 2. The summed E-state index contributed by atoms with van der Waals surface area (Å²) in [7, 11) is 3.85. The Bertz CT molecular complexity index is 532. The number of phenolic OH excluding ortho intramolecular Hbond substituents is 1. The fraction of sp³-hybridized carbons (Fsp3) is 0.154. The Balaban J connectivity index is 2.58. The largest absolute Gasteiger partial charge is 0.507 e. The van der Waals surface area contributed by atoms with Crippen LogP contribution in [-0.2, 0) is 0 Å². The quantitative estimate of drug-likeness (QED) is 0.616. The van der Waals surface area contributed by atoms with Crippen molar-refractivity contribution in [3.05, 3.63) is 36.4 Å². The molecule has 0 atom stereocenters. The van der Waals surface area contributed by atoms with Gasteiger partial charge in [0.1, 0.15) is 5.75 Å².